The molecule has 2 aliphatic rings. The van der Waals surface area contributed by atoms with Crippen molar-refractivity contribution in [2.75, 3.05) is 41.3 Å². The van der Waals surface area contributed by atoms with Gasteiger partial charge < -0.3 is 15.1 Å². The lowest BCUT2D eigenvalue weighted by molar-refractivity contribution is -0.116. The minimum atomic E-state index is -3.94. The number of carbonyl (C=O) groups is 1. The maximum Gasteiger partial charge on any atom is 0.243 e. The van der Waals surface area contributed by atoms with Crippen molar-refractivity contribution in [2.24, 2.45) is 0 Å². The molecule has 3 aromatic rings. The minimum absolute atomic E-state index is 0.138. The Balaban J connectivity index is 1.43. The molecule has 0 aromatic heterocycles. The van der Waals surface area contributed by atoms with Gasteiger partial charge in [0.1, 0.15) is 10.7 Å². The number of hydrogen-bond donors (Lipinski definition) is 2. The lowest BCUT2D eigenvalue weighted by Gasteiger charge is -2.38. The Morgan fingerprint density at radius 3 is 2.38 bits per heavy atom. The van der Waals surface area contributed by atoms with Crippen LogP contribution in [0.4, 0.5) is 21.5 Å². The molecule has 1 aliphatic carbocycles. The Hall–Kier alpha value is -3.43. The SMILES string of the molecule is CCCC(=O)Nc1ccc(N2CCN(c3ccccc3F)CC2)c(S(=O)(=O)NC2CCCc3ccccc32)c1. The van der Waals surface area contributed by atoms with Crippen LogP contribution in [0.5, 0.6) is 0 Å². The summed E-state index contributed by atoms with van der Waals surface area (Å²) in [6.07, 6.45) is 3.62. The highest BCUT2D eigenvalue weighted by Crippen LogP contribution is 2.34. The number of benzene rings is 3. The van der Waals surface area contributed by atoms with Crippen molar-refractivity contribution in [3.8, 4) is 0 Å². The summed E-state index contributed by atoms with van der Waals surface area (Å²) in [5.41, 5.74) is 3.76. The van der Waals surface area contributed by atoms with Gasteiger partial charge in [-0.15, -0.1) is 0 Å². The third-order valence-electron chi connectivity index (χ3n) is 7.49. The summed E-state index contributed by atoms with van der Waals surface area (Å²) in [5.74, 6) is -0.417. The van der Waals surface area contributed by atoms with Crippen LogP contribution >= 0.6 is 0 Å². The predicted molar refractivity (Wildman–Crippen MR) is 153 cm³/mol. The van der Waals surface area contributed by atoms with Gasteiger partial charge in [0.2, 0.25) is 15.9 Å². The van der Waals surface area contributed by atoms with Crippen molar-refractivity contribution in [1.82, 2.24) is 4.72 Å². The topological polar surface area (TPSA) is 81.8 Å². The summed E-state index contributed by atoms with van der Waals surface area (Å²) in [4.78, 5) is 16.4. The van der Waals surface area contributed by atoms with Crippen LogP contribution < -0.4 is 19.8 Å². The molecule has 1 fully saturated rings. The average Bonchev–Trinajstić information content (AvgIpc) is 2.94. The number of nitrogens with zero attached hydrogens (tertiary/aromatic N) is 2. The van der Waals surface area contributed by atoms with Crippen LogP contribution in [-0.4, -0.2) is 40.5 Å². The first-order chi connectivity index (χ1) is 18.9. The number of rotatable bonds is 8. The molecule has 0 saturated carbocycles. The smallest absolute Gasteiger partial charge is 0.243 e. The normalized spacial score (nSPS) is 17.5. The first-order valence-electron chi connectivity index (χ1n) is 13.6. The largest absolute Gasteiger partial charge is 0.367 e. The number of nitrogens with one attached hydrogen (secondary N) is 2. The van der Waals surface area contributed by atoms with Gasteiger partial charge in [-0.2, -0.15) is 0 Å². The molecule has 0 radical (unpaired) electrons. The van der Waals surface area contributed by atoms with Crippen molar-refractivity contribution in [2.45, 2.75) is 50.0 Å². The molecule has 1 heterocycles. The van der Waals surface area contributed by atoms with E-state index in [2.05, 4.69) is 16.1 Å². The van der Waals surface area contributed by atoms with Crippen molar-refractivity contribution in [3.63, 3.8) is 0 Å². The van der Waals surface area contributed by atoms with E-state index < -0.39 is 10.0 Å². The van der Waals surface area contributed by atoms with Gasteiger partial charge >= 0.3 is 0 Å². The molecule has 1 unspecified atom stereocenters. The van der Waals surface area contributed by atoms with E-state index in [0.29, 0.717) is 56.1 Å². The number of carbonyl (C=O) groups excluding carboxylic acids is 1. The highest BCUT2D eigenvalue weighted by Gasteiger charge is 2.30. The second-order valence-electron chi connectivity index (χ2n) is 10.2. The van der Waals surface area contributed by atoms with Gasteiger partial charge in [0, 0.05) is 44.3 Å². The average molecular weight is 551 g/mol. The summed E-state index contributed by atoms with van der Waals surface area (Å²) in [7, 11) is -3.94. The molecule has 2 N–H and O–H groups in total. The molecule has 1 atom stereocenters. The summed E-state index contributed by atoms with van der Waals surface area (Å²) in [6, 6.07) is 19.4. The minimum Gasteiger partial charge on any atom is -0.367 e. The molecule has 39 heavy (non-hydrogen) atoms. The fraction of sp³-hybridized carbons (Fsp3) is 0.367. The molecule has 206 valence electrons. The molecule has 1 saturated heterocycles. The van der Waals surface area contributed by atoms with E-state index in [4.69, 9.17) is 0 Å². The zero-order valence-electron chi connectivity index (χ0n) is 22.2. The number of amides is 1. The molecule has 9 heteroatoms. The Labute approximate surface area is 230 Å². The number of hydrogen-bond acceptors (Lipinski definition) is 5. The van der Waals surface area contributed by atoms with Gasteiger partial charge in [-0.05, 0) is 67.1 Å². The molecule has 7 nitrogen and oxygen atoms in total. The summed E-state index contributed by atoms with van der Waals surface area (Å²) >= 11 is 0. The molecular weight excluding hydrogens is 515 g/mol. The van der Waals surface area contributed by atoms with E-state index in [1.807, 2.05) is 41.0 Å². The van der Waals surface area contributed by atoms with Crippen molar-refractivity contribution in [3.05, 3.63) is 83.7 Å². The molecule has 1 aliphatic heterocycles. The Morgan fingerprint density at radius 2 is 1.64 bits per heavy atom. The van der Waals surface area contributed by atoms with Crippen molar-refractivity contribution in [1.29, 1.82) is 0 Å². The van der Waals surface area contributed by atoms with E-state index >= 15 is 0 Å². The maximum atomic E-state index is 14.4. The molecule has 1 amide bonds. The van der Waals surface area contributed by atoms with Gasteiger partial charge in [-0.1, -0.05) is 43.3 Å². The zero-order valence-corrected chi connectivity index (χ0v) is 23.0. The third-order valence-corrected chi connectivity index (χ3v) is 8.99. The summed E-state index contributed by atoms with van der Waals surface area (Å²) in [5, 5.41) is 2.84. The lowest BCUT2D eigenvalue weighted by atomic mass is 9.88. The Bertz CT molecular complexity index is 1440. The number of fused-ring (bicyclic) bond motifs is 1. The standard InChI is InChI=1S/C30H35FN4O3S/c1-2-8-30(36)32-23-15-16-28(35-19-17-34(18-20-35)27-14-6-5-12-25(27)31)29(21-23)39(37,38)33-26-13-7-10-22-9-3-4-11-24(22)26/h3-6,9,11-12,14-16,21,26,33H,2,7-8,10,13,17-20H2,1H3,(H,32,36). The van der Waals surface area contributed by atoms with E-state index in [1.54, 1.807) is 30.3 Å². The number of aryl methyl sites for hydroxylation is 1. The van der Waals surface area contributed by atoms with E-state index in [0.717, 1.165) is 24.8 Å². The highest BCUT2D eigenvalue weighted by atomic mass is 32.2. The van der Waals surface area contributed by atoms with Crippen LogP contribution in [0, 0.1) is 5.82 Å². The van der Waals surface area contributed by atoms with E-state index in [1.165, 1.54) is 11.6 Å². The fourth-order valence-corrected chi connectivity index (χ4v) is 7.04. The van der Waals surface area contributed by atoms with Gasteiger partial charge in [0.15, 0.2) is 0 Å². The van der Waals surface area contributed by atoms with Crippen LogP contribution in [0.3, 0.4) is 0 Å². The van der Waals surface area contributed by atoms with Crippen molar-refractivity contribution >= 4 is 33.0 Å². The monoisotopic (exact) mass is 550 g/mol. The molecular formula is C30H35FN4O3S. The van der Waals surface area contributed by atoms with Crippen LogP contribution in [0.15, 0.2) is 71.6 Å². The molecule has 0 spiro atoms. The Morgan fingerprint density at radius 1 is 0.949 bits per heavy atom. The van der Waals surface area contributed by atoms with Crippen LogP contribution in [0.1, 0.15) is 49.8 Å². The molecule has 5 rings (SSSR count). The van der Waals surface area contributed by atoms with Crippen LogP contribution in [-0.2, 0) is 21.2 Å². The molecule has 0 bridgehead atoms. The van der Waals surface area contributed by atoms with Gasteiger partial charge in [-0.3, -0.25) is 4.79 Å². The lowest BCUT2D eigenvalue weighted by Crippen LogP contribution is -2.47. The number of anilines is 3. The number of para-hydroxylation sites is 1. The van der Waals surface area contributed by atoms with Gasteiger partial charge in [-0.25, -0.2) is 17.5 Å². The highest BCUT2D eigenvalue weighted by molar-refractivity contribution is 7.89. The van der Waals surface area contributed by atoms with Gasteiger partial charge in [0.05, 0.1) is 11.4 Å². The summed E-state index contributed by atoms with van der Waals surface area (Å²) < 4.78 is 45.3. The zero-order chi connectivity index (χ0) is 27.4. The second-order valence-corrected chi connectivity index (χ2v) is 11.9. The quantitative estimate of drug-likeness (QED) is 0.401. The van der Waals surface area contributed by atoms with Crippen LogP contribution in [0.25, 0.3) is 0 Å². The second kappa shape index (κ2) is 11.8. The predicted octanol–water partition coefficient (Wildman–Crippen LogP) is 5.25. The third kappa shape index (κ3) is 6.09. The number of halogens is 1. The number of sulfonamides is 1. The Kier molecular flexibility index (Phi) is 8.18. The maximum absolute atomic E-state index is 14.4. The van der Waals surface area contributed by atoms with E-state index in [-0.39, 0.29) is 22.7 Å². The van der Waals surface area contributed by atoms with Gasteiger partial charge in [0.25, 0.3) is 0 Å². The molecule has 3 aromatic carbocycles. The first-order valence-corrected chi connectivity index (χ1v) is 15.1. The van der Waals surface area contributed by atoms with Crippen LogP contribution in [0.2, 0.25) is 0 Å². The number of piperazine rings is 1. The van der Waals surface area contributed by atoms with Crippen molar-refractivity contribution < 1.29 is 17.6 Å². The van der Waals surface area contributed by atoms with E-state index in [9.17, 15) is 17.6 Å². The first kappa shape index (κ1) is 27.1. The summed E-state index contributed by atoms with van der Waals surface area (Å²) in [6.45, 7) is 4.10. The fourth-order valence-electron chi connectivity index (χ4n) is 5.54.